The van der Waals surface area contributed by atoms with E-state index in [4.69, 9.17) is 11.6 Å². The molecule has 1 aromatic heterocycles. The number of fused-ring (bicyclic) bond motifs is 1. The van der Waals surface area contributed by atoms with E-state index >= 15 is 0 Å². The number of nitrogens with zero attached hydrogens (tertiary/aromatic N) is 1. The van der Waals surface area contributed by atoms with Gasteiger partial charge in [0.1, 0.15) is 5.69 Å². The van der Waals surface area contributed by atoms with Crippen LogP contribution in [0.4, 0.5) is 0 Å². The molecule has 0 saturated carbocycles. The first-order valence-corrected chi connectivity index (χ1v) is 3.58. The lowest BCUT2D eigenvalue weighted by molar-refractivity contribution is 0.0961. The van der Waals surface area contributed by atoms with Crippen LogP contribution in [0.3, 0.4) is 0 Å². The lowest BCUT2D eigenvalue weighted by Crippen LogP contribution is -2.13. The second-order valence-corrected chi connectivity index (χ2v) is 2.78. The second kappa shape index (κ2) is 2.20. The van der Waals surface area contributed by atoms with E-state index in [9.17, 15) is 4.79 Å². The highest BCUT2D eigenvalue weighted by Crippen LogP contribution is 2.16. The van der Waals surface area contributed by atoms with Crippen molar-refractivity contribution in [1.82, 2.24) is 10.3 Å². The first-order valence-electron chi connectivity index (χ1n) is 3.20. The minimum Gasteiger partial charge on any atom is -0.347 e. The van der Waals surface area contributed by atoms with Crippen molar-refractivity contribution in [3.8, 4) is 0 Å². The fourth-order valence-corrected chi connectivity index (χ4v) is 1.26. The van der Waals surface area contributed by atoms with Gasteiger partial charge >= 0.3 is 0 Å². The molecule has 0 bridgehead atoms. The Labute approximate surface area is 68.4 Å². The van der Waals surface area contributed by atoms with Crippen LogP contribution in [0.1, 0.15) is 16.1 Å². The SMILES string of the molecule is O=C1NCc2cc(Cl)cnc21. The Kier molecular flexibility index (Phi) is 1.32. The van der Waals surface area contributed by atoms with Gasteiger partial charge in [0.2, 0.25) is 0 Å². The molecule has 0 atom stereocenters. The lowest BCUT2D eigenvalue weighted by atomic mass is 10.2. The van der Waals surface area contributed by atoms with Gasteiger partial charge in [-0.3, -0.25) is 4.79 Å². The average Bonchev–Trinajstić information content (AvgIpc) is 2.32. The molecule has 0 spiro atoms. The van der Waals surface area contributed by atoms with Gasteiger partial charge in [0.05, 0.1) is 5.02 Å². The van der Waals surface area contributed by atoms with E-state index in [1.165, 1.54) is 6.20 Å². The van der Waals surface area contributed by atoms with Crippen molar-refractivity contribution in [1.29, 1.82) is 0 Å². The summed E-state index contributed by atoms with van der Waals surface area (Å²) in [7, 11) is 0. The molecule has 1 aliphatic rings. The quantitative estimate of drug-likeness (QED) is 0.628. The molecule has 2 heterocycles. The zero-order valence-electron chi connectivity index (χ0n) is 5.60. The Bertz CT molecular complexity index is 324. The molecular weight excluding hydrogens is 164 g/mol. The molecule has 0 aromatic carbocycles. The topological polar surface area (TPSA) is 42.0 Å². The molecular formula is C7H5ClN2O. The fourth-order valence-electron chi connectivity index (χ4n) is 1.08. The first kappa shape index (κ1) is 6.61. The standard InChI is InChI=1S/C7H5ClN2O/c8-5-1-4-2-10-7(11)6(4)9-3-5/h1,3H,2H2,(H,10,11). The number of hydrogen-bond acceptors (Lipinski definition) is 2. The Morgan fingerprint density at radius 2 is 2.45 bits per heavy atom. The van der Waals surface area contributed by atoms with Crippen molar-refractivity contribution >= 4 is 17.5 Å². The molecule has 56 valence electrons. The highest BCUT2D eigenvalue weighted by atomic mass is 35.5. The number of aromatic nitrogens is 1. The number of amides is 1. The molecule has 0 fully saturated rings. The average molecular weight is 169 g/mol. The molecule has 4 heteroatoms. The van der Waals surface area contributed by atoms with Crippen molar-refractivity contribution < 1.29 is 4.79 Å². The van der Waals surface area contributed by atoms with Gasteiger partial charge in [-0.05, 0) is 6.07 Å². The predicted molar refractivity (Wildman–Crippen MR) is 40.4 cm³/mol. The Morgan fingerprint density at radius 1 is 1.64 bits per heavy atom. The van der Waals surface area contributed by atoms with Crippen molar-refractivity contribution in [3.63, 3.8) is 0 Å². The monoisotopic (exact) mass is 168 g/mol. The number of carbonyl (C=O) groups excluding carboxylic acids is 1. The summed E-state index contributed by atoms with van der Waals surface area (Å²) >= 11 is 5.67. The Balaban J connectivity index is 2.59. The summed E-state index contributed by atoms with van der Waals surface area (Å²) in [5.74, 6) is -0.114. The molecule has 0 radical (unpaired) electrons. The molecule has 0 saturated heterocycles. The van der Waals surface area contributed by atoms with Gasteiger partial charge in [-0.25, -0.2) is 4.98 Å². The van der Waals surface area contributed by atoms with Gasteiger partial charge in [-0.15, -0.1) is 0 Å². The molecule has 1 amide bonds. The van der Waals surface area contributed by atoms with Gasteiger partial charge in [0, 0.05) is 18.3 Å². The molecule has 2 rings (SSSR count). The van der Waals surface area contributed by atoms with Crippen molar-refractivity contribution in [2.75, 3.05) is 0 Å². The Hall–Kier alpha value is -1.09. The third-order valence-corrected chi connectivity index (χ3v) is 1.79. The lowest BCUT2D eigenvalue weighted by Gasteiger charge is -1.92. The minimum absolute atomic E-state index is 0.114. The fraction of sp³-hybridized carbons (Fsp3) is 0.143. The number of nitrogens with one attached hydrogen (secondary N) is 1. The maximum Gasteiger partial charge on any atom is 0.270 e. The summed E-state index contributed by atoms with van der Waals surface area (Å²) in [6, 6.07) is 1.75. The van der Waals surface area contributed by atoms with Crippen LogP contribution in [0.15, 0.2) is 12.3 Å². The highest BCUT2D eigenvalue weighted by molar-refractivity contribution is 6.30. The maximum atomic E-state index is 11.0. The van der Waals surface area contributed by atoms with Crippen molar-refractivity contribution in [2.45, 2.75) is 6.54 Å². The van der Waals surface area contributed by atoms with E-state index in [-0.39, 0.29) is 5.91 Å². The number of pyridine rings is 1. The zero-order chi connectivity index (χ0) is 7.84. The minimum atomic E-state index is -0.114. The third-order valence-electron chi connectivity index (χ3n) is 1.59. The van der Waals surface area contributed by atoms with Gasteiger partial charge in [0.25, 0.3) is 5.91 Å². The van der Waals surface area contributed by atoms with E-state index in [2.05, 4.69) is 10.3 Å². The van der Waals surface area contributed by atoms with Gasteiger partial charge in [-0.2, -0.15) is 0 Å². The van der Waals surface area contributed by atoms with Crippen LogP contribution in [-0.2, 0) is 6.54 Å². The van der Waals surface area contributed by atoms with Crippen LogP contribution in [-0.4, -0.2) is 10.9 Å². The van der Waals surface area contributed by atoms with Crippen LogP contribution in [0, 0.1) is 0 Å². The summed E-state index contributed by atoms with van der Waals surface area (Å²) < 4.78 is 0. The summed E-state index contributed by atoms with van der Waals surface area (Å²) in [5.41, 5.74) is 1.37. The molecule has 1 N–H and O–H groups in total. The van der Waals surface area contributed by atoms with E-state index in [1.807, 2.05) is 0 Å². The van der Waals surface area contributed by atoms with Crippen molar-refractivity contribution in [2.24, 2.45) is 0 Å². The van der Waals surface area contributed by atoms with E-state index < -0.39 is 0 Å². The zero-order valence-corrected chi connectivity index (χ0v) is 6.35. The molecule has 0 aliphatic carbocycles. The normalized spacial score (nSPS) is 14.5. The van der Waals surface area contributed by atoms with E-state index in [0.717, 1.165) is 5.56 Å². The molecule has 3 nitrogen and oxygen atoms in total. The second-order valence-electron chi connectivity index (χ2n) is 2.34. The van der Waals surface area contributed by atoms with Gasteiger partial charge in [-0.1, -0.05) is 11.6 Å². The van der Waals surface area contributed by atoms with E-state index in [0.29, 0.717) is 17.3 Å². The maximum absolute atomic E-state index is 11.0. The Morgan fingerprint density at radius 3 is 3.27 bits per heavy atom. The highest BCUT2D eigenvalue weighted by Gasteiger charge is 2.19. The molecule has 1 aromatic rings. The number of hydrogen-bond donors (Lipinski definition) is 1. The third kappa shape index (κ3) is 0.973. The van der Waals surface area contributed by atoms with Gasteiger partial charge in [0.15, 0.2) is 0 Å². The molecule has 11 heavy (non-hydrogen) atoms. The number of halogens is 1. The van der Waals surface area contributed by atoms with Crippen molar-refractivity contribution in [3.05, 3.63) is 28.5 Å². The first-order chi connectivity index (χ1) is 5.27. The van der Waals surface area contributed by atoms with Crippen LogP contribution in [0.5, 0.6) is 0 Å². The summed E-state index contributed by atoms with van der Waals surface area (Å²) in [6.45, 7) is 0.543. The smallest absolute Gasteiger partial charge is 0.270 e. The van der Waals surface area contributed by atoms with Crippen LogP contribution >= 0.6 is 11.6 Å². The van der Waals surface area contributed by atoms with Crippen LogP contribution in [0.2, 0.25) is 5.02 Å². The molecule has 1 aliphatic heterocycles. The van der Waals surface area contributed by atoms with Gasteiger partial charge < -0.3 is 5.32 Å². The van der Waals surface area contributed by atoms with E-state index in [1.54, 1.807) is 6.07 Å². The van der Waals surface area contributed by atoms with Crippen LogP contribution in [0.25, 0.3) is 0 Å². The molecule has 0 unspecified atom stereocenters. The summed E-state index contributed by atoms with van der Waals surface area (Å²) in [5, 5.41) is 3.22. The largest absolute Gasteiger partial charge is 0.347 e. The summed E-state index contributed by atoms with van der Waals surface area (Å²) in [6.07, 6.45) is 1.48. The number of carbonyl (C=O) groups is 1. The number of rotatable bonds is 0. The summed E-state index contributed by atoms with van der Waals surface area (Å²) in [4.78, 5) is 14.9. The predicted octanol–water partition coefficient (Wildman–Crippen LogP) is 0.978. The van der Waals surface area contributed by atoms with Crippen LogP contribution < -0.4 is 5.32 Å².